The molecule has 1 aliphatic heterocycles. The molecule has 0 spiro atoms. The summed E-state index contributed by atoms with van der Waals surface area (Å²) >= 11 is 0. The molecule has 0 saturated heterocycles. The highest BCUT2D eigenvalue weighted by atomic mass is 16.6. The van der Waals surface area contributed by atoms with Crippen molar-refractivity contribution in [3.63, 3.8) is 0 Å². The molecule has 0 bridgehead atoms. The molecular weight excluding hydrogens is 428 g/mol. The molecule has 2 aromatic heterocycles. The number of terminal acetylenes is 1. The zero-order chi connectivity index (χ0) is 23.9. The first-order chi connectivity index (χ1) is 16.3. The molecule has 2 aromatic carbocycles. The number of benzene rings is 2. The lowest BCUT2D eigenvalue weighted by Crippen LogP contribution is -2.35. The minimum absolute atomic E-state index is 0.284. The molecule has 7 nitrogen and oxygen atoms in total. The van der Waals surface area contributed by atoms with E-state index in [1.807, 2.05) is 75.4 Å². The zero-order valence-electron chi connectivity index (χ0n) is 19.2. The number of rotatable bonds is 3. The molecule has 0 unspecified atom stereocenters. The lowest BCUT2D eigenvalue weighted by atomic mass is 10.0. The highest BCUT2D eigenvalue weighted by Crippen LogP contribution is 2.39. The number of alkyl carbamates (subject to hydrolysis) is 1. The number of hydrogen-bond donors (Lipinski definition) is 1. The van der Waals surface area contributed by atoms with Gasteiger partial charge in [0.1, 0.15) is 29.3 Å². The van der Waals surface area contributed by atoms with Gasteiger partial charge in [-0.25, -0.2) is 14.3 Å². The molecule has 1 amide bonds. The van der Waals surface area contributed by atoms with Crippen molar-refractivity contribution in [1.82, 2.24) is 19.9 Å². The fraction of sp³-hybridized carbons (Fsp3) is 0.222. The van der Waals surface area contributed by atoms with E-state index < -0.39 is 11.7 Å². The number of hydrogen-bond acceptors (Lipinski definition) is 5. The van der Waals surface area contributed by atoms with E-state index in [4.69, 9.17) is 20.9 Å². The van der Waals surface area contributed by atoms with Crippen molar-refractivity contribution >= 4 is 11.7 Å². The van der Waals surface area contributed by atoms with Gasteiger partial charge >= 0.3 is 6.09 Å². The number of carbonyl (C=O) groups excluding carboxylic acids is 1. The summed E-state index contributed by atoms with van der Waals surface area (Å²) in [5.41, 5.74) is 5.01. The SMILES string of the molecule is C#Cc1ccc2nc(-c3ccc4c(c3)OC[C@@H]4NC(=O)OC(C)(C)C)c(-c3ccccc3)n2n1. The van der Waals surface area contributed by atoms with Crippen LogP contribution in [0.25, 0.3) is 28.2 Å². The Morgan fingerprint density at radius 2 is 1.94 bits per heavy atom. The van der Waals surface area contributed by atoms with Crippen molar-refractivity contribution in [3.05, 3.63) is 71.9 Å². The van der Waals surface area contributed by atoms with Gasteiger partial charge in [0.15, 0.2) is 5.65 Å². The van der Waals surface area contributed by atoms with E-state index in [1.54, 1.807) is 10.6 Å². The third kappa shape index (κ3) is 4.06. The number of nitrogens with zero attached hydrogens (tertiary/aromatic N) is 3. The number of amides is 1. The second kappa shape index (κ2) is 8.23. The van der Waals surface area contributed by atoms with Crippen LogP contribution in [0.3, 0.4) is 0 Å². The predicted molar refractivity (Wildman–Crippen MR) is 129 cm³/mol. The van der Waals surface area contributed by atoms with Crippen molar-refractivity contribution in [3.8, 4) is 40.6 Å². The smallest absolute Gasteiger partial charge is 0.408 e. The fourth-order valence-electron chi connectivity index (χ4n) is 3.99. The van der Waals surface area contributed by atoms with Crippen molar-refractivity contribution in [2.24, 2.45) is 0 Å². The summed E-state index contributed by atoms with van der Waals surface area (Å²) in [6, 6.07) is 19.2. The Balaban J connectivity index is 1.54. The molecule has 7 heteroatoms. The van der Waals surface area contributed by atoms with E-state index in [9.17, 15) is 4.79 Å². The molecule has 0 radical (unpaired) electrons. The van der Waals surface area contributed by atoms with Crippen LogP contribution in [0.2, 0.25) is 0 Å². The summed E-state index contributed by atoms with van der Waals surface area (Å²) < 4.78 is 13.1. The van der Waals surface area contributed by atoms with Crippen LogP contribution in [-0.4, -0.2) is 32.9 Å². The van der Waals surface area contributed by atoms with Crippen molar-refractivity contribution in [1.29, 1.82) is 0 Å². The molecule has 34 heavy (non-hydrogen) atoms. The standard InChI is InChI=1S/C27H24N4O3/c1-5-19-12-14-23-29-24(25(31(23)30-19)17-9-7-6-8-10-17)18-11-13-20-21(16-33-22(20)15-18)28-26(32)34-27(2,3)4/h1,6-15,21H,16H2,2-4H3,(H,28,32)/t21-/m0/s1. The molecule has 0 fully saturated rings. The van der Waals surface area contributed by atoms with Crippen LogP contribution in [0.1, 0.15) is 38.1 Å². The highest BCUT2D eigenvalue weighted by Gasteiger charge is 2.29. The number of imidazole rings is 1. The molecular formula is C27H24N4O3. The first-order valence-corrected chi connectivity index (χ1v) is 11.0. The van der Waals surface area contributed by atoms with Gasteiger partial charge < -0.3 is 14.8 Å². The lowest BCUT2D eigenvalue weighted by molar-refractivity contribution is 0.0497. The van der Waals surface area contributed by atoms with Gasteiger partial charge in [-0.3, -0.25) is 0 Å². The second-order valence-electron chi connectivity index (χ2n) is 9.07. The normalized spacial score (nSPS) is 14.8. The Hall–Kier alpha value is -4.31. The van der Waals surface area contributed by atoms with Gasteiger partial charge in [0.2, 0.25) is 0 Å². The average Bonchev–Trinajstić information content (AvgIpc) is 3.38. The monoisotopic (exact) mass is 452 g/mol. The zero-order valence-corrected chi connectivity index (χ0v) is 19.2. The fourth-order valence-corrected chi connectivity index (χ4v) is 3.99. The molecule has 5 rings (SSSR count). The van der Waals surface area contributed by atoms with Crippen LogP contribution in [-0.2, 0) is 4.74 Å². The topological polar surface area (TPSA) is 77.8 Å². The molecule has 1 aliphatic rings. The first-order valence-electron chi connectivity index (χ1n) is 11.0. The Morgan fingerprint density at radius 3 is 2.68 bits per heavy atom. The highest BCUT2D eigenvalue weighted by molar-refractivity contribution is 5.82. The van der Waals surface area contributed by atoms with Gasteiger partial charge in [-0.2, -0.15) is 5.10 Å². The summed E-state index contributed by atoms with van der Waals surface area (Å²) in [6.45, 7) is 5.83. The van der Waals surface area contributed by atoms with E-state index in [1.165, 1.54) is 0 Å². The van der Waals surface area contributed by atoms with E-state index in [0.717, 1.165) is 28.1 Å². The second-order valence-corrected chi connectivity index (χ2v) is 9.07. The maximum absolute atomic E-state index is 12.2. The van der Waals surface area contributed by atoms with E-state index >= 15 is 0 Å². The molecule has 4 aromatic rings. The van der Waals surface area contributed by atoms with Gasteiger partial charge in [-0.1, -0.05) is 42.5 Å². The summed E-state index contributed by atoms with van der Waals surface area (Å²) in [6.07, 6.45) is 5.12. The Labute approximate surface area is 197 Å². The van der Waals surface area contributed by atoms with Crippen LogP contribution in [0, 0.1) is 12.3 Å². The van der Waals surface area contributed by atoms with Gasteiger partial charge in [0.25, 0.3) is 0 Å². The average molecular weight is 453 g/mol. The van der Waals surface area contributed by atoms with Crippen LogP contribution in [0.15, 0.2) is 60.7 Å². The summed E-state index contributed by atoms with van der Waals surface area (Å²) in [4.78, 5) is 17.1. The number of nitrogens with one attached hydrogen (secondary N) is 1. The first kappa shape index (κ1) is 21.5. The summed E-state index contributed by atoms with van der Waals surface area (Å²) in [5.74, 6) is 3.29. The minimum atomic E-state index is -0.569. The maximum atomic E-state index is 12.2. The molecule has 1 N–H and O–H groups in total. The maximum Gasteiger partial charge on any atom is 0.408 e. The van der Waals surface area contributed by atoms with E-state index in [0.29, 0.717) is 23.7 Å². The van der Waals surface area contributed by atoms with Crippen molar-refractivity contribution in [2.45, 2.75) is 32.4 Å². The number of fused-ring (bicyclic) bond motifs is 2. The van der Waals surface area contributed by atoms with Crippen molar-refractivity contribution < 1.29 is 14.3 Å². The van der Waals surface area contributed by atoms with Crippen LogP contribution >= 0.6 is 0 Å². The third-order valence-corrected chi connectivity index (χ3v) is 5.43. The number of ether oxygens (including phenoxy) is 2. The molecule has 1 atom stereocenters. The molecule has 3 heterocycles. The number of aromatic nitrogens is 3. The summed E-state index contributed by atoms with van der Waals surface area (Å²) in [5, 5.41) is 7.48. The van der Waals surface area contributed by atoms with Gasteiger partial charge in [0, 0.05) is 16.7 Å². The quantitative estimate of drug-likeness (QED) is 0.443. The van der Waals surface area contributed by atoms with Crippen LogP contribution in [0.5, 0.6) is 5.75 Å². The Kier molecular flexibility index (Phi) is 5.21. The van der Waals surface area contributed by atoms with E-state index in [-0.39, 0.29) is 6.04 Å². The van der Waals surface area contributed by atoms with Crippen LogP contribution in [0.4, 0.5) is 4.79 Å². The molecule has 170 valence electrons. The molecule has 0 saturated carbocycles. The van der Waals surface area contributed by atoms with Crippen LogP contribution < -0.4 is 10.1 Å². The lowest BCUT2D eigenvalue weighted by Gasteiger charge is -2.21. The van der Waals surface area contributed by atoms with E-state index in [2.05, 4.69) is 16.3 Å². The third-order valence-electron chi connectivity index (χ3n) is 5.43. The Bertz CT molecular complexity index is 1430. The number of carbonyl (C=O) groups is 1. The minimum Gasteiger partial charge on any atom is -0.491 e. The van der Waals surface area contributed by atoms with Gasteiger partial charge in [0.05, 0.1) is 11.7 Å². The van der Waals surface area contributed by atoms with Crippen molar-refractivity contribution in [2.75, 3.05) is 6.61 Å². The predicted octanol–water partition coefficient (Wildman–Crippen LogP) is 5.00. The largest absolute Gasteiger partial charge is 0.491 e. The Morgan fingerprint density at radius 1 is 1.15 bits per heavy atom. The molecule has 0 aliphatic carbocycles. The van der Waals surface area contributed by atoms with Gasteiger partial charge in [-0.15, -0.1) is 6.42 Å². The summed E-state index contributed by atoms with van der Waals surface area (Å²) in [7, 11) is 0. The van der Waals surface area contributed by atoms with Gasteiger partial charge in [-0.05, 0) is 44.9 Å².